The van der Waals surface area contributed by atoms with Gasteiger partial charge in [0.2, 0.25) is 11.0 Å². The molecule has 4 aromatic rings. The van der Waals surface area contributed by atoms with E-state index in [9.17, 15) is 14.4 Å². The summed E-state index contributed by atoms with van der Waals surface area (Å²) in [6.45, 7) is 5.50. The van der Waals surface area contributed by atoms with Gasteiger partial charge in [-0.15, -0.1) is 21.5 Å². The average molecular weight is 483 g/mol. The molecule has 1 unspecified atom stereocenters. The normalized spacial score (nSPS) is 12.0. The predicted octanol–water partition coefficient (Wildman–Crippen LogP) is 4.02. The molecule has 4 rings (SSSR count). The molecule has 2 amide bonds. The van der Waals surface area contributed by atoms with E-state index in [1.54, 1.807) is 19.1 Å². The summed E-state index contributed by atoms with van der Waals surface area (Å²) in [4.78, 5) is 44.3. The summed E-state index contributed by atoms with van der Waals surface area (Å²) >= 11 is 2.46. The van der Waals surface area contributed by atoms with Crippen LogP contribution in [0.4, 0.5) is 10.8 Å². The lowest BCUT2D eigenvalue weighted by Crippen LogP contribution is -2.33. The monoisotopic (exact) mass is 482 g/mol. The second-order valence-corrected chi connectivity index (χ2v) is 9.34. The molecule has 1 aromatic carbocycles. The number of thiophene rings is 1. The van der Waals surface area contributed by atoms with E-state index >= 15 is 0 Å². The summed E-state index contributed by atoms with van der Waals surface area (Å²) in [6, 6.07) is 8.32. The molecule has 170 valence electrons. The van der Waals surface area contributed by atoms with E-state index in [-0.39, 0.29) is 17.4 Å². The highest BCUT2D eigenvalue weighted by Crippen LogP contribution is 2.28. The van der Waals surface area contributed by atoms with Crippen LogP contribution in [0.2, 0.25) is 0 Å². The smallest absolute Gasteiger partial charge is 0.266 e. The average Bonchev–Trinajstić information content (AvgIpc) is 3.40. The van der Waals surface area contributed by atoms with Crippen LogP contribution in [0.5, 0.6) is 0 Å². The standard InChI is InChI=1S/C22H22N6O3S2/c1-4-14(18(29)25-22-27-26-15(5-2)32-22)28-11-23-20-16(21(28)31)12(3)17(33-20)19(30)24-13-9-7-6-8-10-13/h6-11,14H,4-5H2,1-3H3,(H,24,30)(H,25,27,29). The molecule has 3 heterocycles. The van der Waals surface area contributed by atoms with Gasteiger partial charge >= 0.3 is 0 Å². The van der Waals surface area contributed by atoms with Crippen molar-refractivity contribution in [1.29, 1.82) is 0 Å². The minimum atomic E-state index is -0.774. The Morgan fingerprint density at radius 3 is 2.52 bits per heavy atom. The van der Waals surface area contributed by atoms with Crippen LogP contribution in [0.1, 0.15) is 46.6 Å². The maximum atomic E-state index is 13.3. The first kappa shape index (κ1) is 22.7. The number of aryl methyl sites for hydroxylation is 2. The molecule has 0 fully saturated rings. The molecule has 0 radical (unpaired) electrons. The lowest BCUT2D eigenvalue weighted by Gasteiger charge is -2.16. The number of para-hydroxylation sites is 1. The Morgan fingerprint density at radius 2 is 1.85 bits per heavy atom. The quantitative estimate of drug-likeness (QED) is 0.411. The minimum Gasteiger partial charge on any atom is -0.321 e. The van der Waals surface area contributed by atoms with Gasteiger partial charge < -0.3 is 5.32 Å². The molecule has 0 saturated heterocycles. The molecule has 0 saturated carbocycles. The van der Waals surface area contributed by atoms with E-state index in [0.29, 0.717) is 37.9 Å². The number of aromatic nitrogens is 4. The fourth-order valence-electron chi connectivity index (χ4n) is 3.43. The first-order chi connectivity index (χ1) is 15.9. The van der Waals surface area contributed by atoms with Crippen LogP contribution in [0.15, 0.2) is 41.5 Å². The largest absolute Gasteiger partial charge is 0.321 e. The van der Waals surface area contributed by atoms with Crippen LogP contribution in [-0.4, -0.2) is 31.6 Å². The molecule has 0 bridgehead atoms. The zero-order valence-corrected chi connectivity index (χ0v) is 19.9. The van der Waals surface area contributed by atoms with Crippen molar-refractivity contribution < 1.29 is 9.59 Å². The third-order valence-corrected chi connectivity index (χ3v) is 7.32. The molecule has 11 heteroatoms. The van der Waals surface area contributed by atoms with Crippen molar-refractivity contribution in [2.45, 2.75) is 39.7 Å². The van der Waals surface area contributed by atoms with Gasteiger partial charge in [-0.3, -0.25) is 24.3 Å². The van der Waals surface area contributed by atoms with E-state index in [2.05, 4.69) is 25.8 Å². The Labute approximate surface area is 197 Å². The topological polar surface area (TPSA) is 119 Å². The number of hydrogen-bond donors (Lipinski definition) is 2. The number of nitrogens with zero attached hydrogens (tertiary/aromatic N) is 4. The van der Waals surface area contributed by atoms with E-state index < -0.39 is 6.04 Å². The van der Waals surface area contributed by atoms with Gasteiger partial charge in [-0.25, -0.2) is 4.98 Å². The Kier molecular flexibility index (Phi) is 6.61. The van der Waals surface area contributed by atoms with Crippen LogP contribution in [0.25, 0.3) is 10.2 Å². The molecule has 33 heavy (non-hydrogen) atoms. The molecule has 1 atom stereocenters. The number of carbonyl (C=O) groups excluding carboxylic acids is 2. The molecule has 0 aliphatic rings. The first-order valence-electron chi connectivity index (χ1n) is 10.4. The van der Waals surface area contributed by atoms with Crippen LogP contribution in [0, 0.1) is 6.92 Å². The van der Waals surface area contributed by atoms with Crippen LogP contribution < -0.4 is 16.2 Å². The summed E-state index contributed by atoms with van der Waals surface area (Å²) in [5, 5.41) is 15.1. The highest BCUT2D eigenvalue weighted by Gasteiger charge is 2.25. The summed E-state index contributed by atoms with van der Waals surface area (Å²) in [6.07, 6.45) is 2.47. The van der Waals surface area contributed by atoms with E-state index in [1.807, 2.05) is 32.0 Å². The van der Waals surface area contributed by atoms with Crippen molar-refractivity contribution in [2.75, 3.05) is 10.6 Å². The number of carbonyl (C=O) groups is 2. The number of nitrogens with one attached hydrogen (secondary N) is 2. The Hall–Kier alpha value is -3.44. The summed E-state index contributed by atoms with van der Waals surface area (Å²) in [7, 11) is 0. The highest BCUT2D eigenvalue weighted by molar-refractivity contribution is 7.20. The number of anilines is 2. The van der Waals surface area contributed by atoms with Crippen LogP contribution in [-0.2, 0) is 11.2 Å². The SMILES string of the molecule is CCc1nnc(NC(=O)C(CC)n2cnc3sc(C(=O)Nc4ccccc4)c(C)c3c2=O)s1. The van der Waals surface area contributed by atoms with Crippen LogP contribution >= 0.6 is 22.7 Å². The maximum Gasteiger partial charge on any atom is 0.266 e. The van der Waals surface area contributed by atoms with Crippen molar-refractivity contribution in [3.05, 3.63) is 62.5 Å². The fraction of sp³-hybridized carbons (Fsp3) is 0.273. The molecule has 2 N–H and O–H groups in total. The molecule has 0 spiro atoms. The van der Waals surface area contributed by atoms with Crippen molar-refractivity contribution in [3.63, 3.8) is 0 Å². The van der Waals surface area contributed by atoms with E-state index in [0.717, 1.165) is 22.8 Å². The Balaban J connectivity index is 1.65. The zero-order chi connectivity index (χ0) is 23.5. The first-order valence-corrected chi connectivity index (χ1v) is 12.1. The van der Waals surface area contributed by atoms with Gasteiger partial charge in [-0.05, 0) is 37.5 Å². The number of benzene rings is 1. The van der Waals surface area contributed by atoms with Crippen molar-refractivity contribution in [1.82, 2.24) is 19.7 Å². The summed E-state index contributed by atoms with van der Waals surface area (Å²) in [5.41, 5.74) is 0.846. The lowest BCUT2D eigenvalue weighted by atomic mass is 10.1. The third-order valence-electron chi connectivity index (χ3n) is 5.14. The lowest BCUT2D eigenvalue weighted by molar-refractivity contribution is -0.119. The van der Waals surface area contributed by atoms with Crippen molar-refractivity contribution in [3.8, 4) is 0 Å². The number of hydrogen-bond acceptors (Lipinski definition) is 8. The van der Waals surface area contributed by atoms with Crippen molar-refractivity contribution >= 4 is 55.5 Å². The van der Waals surface area contributed by atoms with E-state index in [4.69, 9.17) is 0 Å². The molecule has 3 aromatic heterocycles. The Bertz CT molecular complexity index is 1380. The zero-order valence-electron chi connectivity index (χ0n) is 18.3. The van der Waals surface area contributed by atoms with Gasteiger partial charge in [0.25, 0.3) is 11.5 Å². The highest BCUT2D eigenvalue weighted by atomic mass is 32.1. The molecular weight excluding hydrogens is 460 g/mol. The number of rotatable bonds is 7. The van der Waals surface area contributed by atoms with Crippen molar-refractivity contribution in [2.24, 2.45) is 0 Å². The predicted molar refractivity (Wildman–Crippen MR) is 130 cm³/mol. The number of fused-ring (bicyclic) bond motifs is 1. The molecule has 0 aliphatic heterocycles. The van der Waals surface area contributed by atoms with Crippen LogP contribution in [0.3, 0.4) is 0 Å². The maximum absolute atomic E-state index is 13.3. The minimum absolute atomic E-state index is 0.305. The van der Waals surface area contributed by atoms with Gasteiger partial charge in [0.15, 0.2) is 0 Å². The van der Waals surface area contributed by atoms with Gasteiger partial charge in [0.1, 0.15) is 15.9 Å². The van der Waals surface area contributed by atoms with Gasteiger partial charge in [0.05, 0.1) is 16.6 Å². The Morgan fingerprint density at radius 1 is 1.09 bits per heavy atom. The fourth-order valence-corrected chi connectivity index (χ4v) is 5.15. The van der Waals surface area contributed by atoms with Gasteiger partial charge in [0, 0.05) is 5.69 Å². The van der Waals surface area contributed by atoms with Gasteiger partial charge in [-0.1, -0.05) is 43.4 Å². The molecule has 0 aliphatic carbocycles. The second kappa shape index (κ2) is 9.59. The third kappa shape index (κ3) is 4.55. The van der Waals surface area contributed by atoms with E-state index in [1.165, 1.54) is 22.2 Å². The summed E-state index contributed by atoms with van der Waals surface area (Å²) < 4.78 is 1.32. The second-order valence-electron chi connectivity index (χ2n) is 7.28. The number of amides is 2. The molecular formula is C22H22N6O3S2. The summed E-state index contributed by atoms with van der Waals surface area (Å²) in [5.74, 6) is -0.671. The van der Waals surface area contributed by atoms with Gasteiger partial charge in [-0.2, -0.15) is 0 Å². The molecule has 9 nitrogen and oxygen atoms in total.